The number of benzene rings is 1. The fourth-order valence-corrected chi connectivity index (χ4v) is 2.68. The van der Waals surface area contributed by atoms with Gasteiger partial charge in [-0.05, 0) is 60.6 Å². The van der Waals surface area contributed by atoms with Crippen LogP contribution in [0.4, 0.5) is 0 Å². The van der Waals surface area contributed by atoms with E-state index in [4.69, 9.17) is 18.9 Å². The lowest BCUT2D eigenvalue weighted by Gasteiger charge is -2.12. The topological polar surface area (TPSA) is 71.1 Å². The zero-order valence-corrected chi connectivity index (χ0v) is 18.5. The van der Waals surface area contributed by atoms with Crippen molar-refractivity contribution < 1.29 is 28.5 Å². The molecule has 0 bridgehead atoms. The minimum Gasteiger partial charge on any atom is -0.460 e. The summed E-state index contributed by atoms with van der Waals surface area (Å²) in [6, 6.07) is 4.85. The number of esters is 2. The molecule has 0 radical (unpaired) electrons. The first-order valence-electron chi connectivity index (χ1n) is 9.32. The Morgan fingerprint density at radius 3 is 2.15 bits per heavy atom. The van der Waals surface area contributed by atoms with Crippen LogP contribution in [0.15, 0.2) is 18.2 Å². The minimum absolute atomic E-state index is 0.145. The average Bonchev–Trinajstić information content (AvgIpc) is 2.65. The number of hydrogen-bond acceptors (Lipinski definition) is 6. The summed E-state index contributed by atoms with van der Waals surface area (Å²) in [5, 5.41) is 0. The van der Waals surface area contributed by atoms with Crippen molar-refractivity contribution in [2.45, 2.75) is 46.1 Å². The molecule has 0 aliphatic heterocycles. The first-order valence-corrected chi connectivity index (χ1v) is 10.4. The number of ether oxygens (including phenoxy) is 4. The van der Waals surface area contributed by atoms with E-state index in [1.165, 1.54) is 6.07 Å². The fourth-order valence-electron chi connectivity index (χ4n) is 2.00. The van der Waals surface area contributed by atoms with E-state index < -0.39 is 11.9 Å². The van der Waals surface area contributed by atoms with Crippen LogP contribution in [-0.4, -0.2) is 51.1 Å². The molecule has 1 aromatic carbocycles. The van der Waals surface area contributed by atoms with Gasteiger partial charge in [0.05, 0.1) is 37.1 Å². The third-order valence-electron chi connectivity index (χ3n) is 3.73. The number of hydrogen-bond donors (Lipinski definition) is 0. The van der Waals surface area contributed by atoms with Gasteiger partial charge in [-0.15, -0.1) is 0 Å². The maximum Gasteiger partial charge on any atom is 0.338 e. The summed E-state index contributed by atoms with van der Waals surface area (Å²) in [6.07, 6.45) is 2.70. The minimum atomic E-state index is -0.492. The van der Waals surface area contributed by atoms with Gasteiger partial charge in [0, 0.05) is 10.2 Å². The second kappa shape index (κ2) is 13.9. The number of carbonyl (C=O) groups excluding carboxylic acids is 2. The summed E-state index contributed by atoms with van der Waals surface area (Å²) in [5.41, 5.74) is 0.663. The SMILES string of the molecule is CCCCOCCOCCOC(=O)c1cc(I)cc(C(=O)O[C@H](C)CC)c1. The van der Waals surface area contributed by atoms with Crippen LogP contribution in [-0.2, 0) is 18.9 Å². The summed E-state index contributed by atoms with van der Waals surface area (Å²) in [5.74, 6) is -0.933. The molecule has 0 heterocycles. The number of unbranched alkanes of at least 4 members (excludes halogenated alkanes) is 1. The molecule has 1 atom stereocenters. The number of carbonyl (C=O) groups is 2. The Labute approximate surface area is 175 Å². The van der Waals surface area contributed by atoms with E-state index in [9.17, 15) is 9.59 Å². The Morgan fingerprint density at radius 2 is 1.52 bits per heavy atom. The highest BCUT2D eigenvalue weighted by molar-refractivity contribution is 14.1. The molecule has 152 valence electrons. The lowest BCUT2D eigenvalue weighted by Crippen LogP contribution is -2.16. The smallest absolute Gasteiger partial charge is 0.338 e. The Kier molecular flexibility index (Phi) is 12.3. The Morgan fingerprint density at radius 1 is 0.926 bits per heavy atom. The van der Waals surface area contributed by atoms with Gasteiger partial charge in [0.2, 0.25) is 0 Å². The molecule has 0 spiro atoms. The van der Waals surface area contributed by atoms with Crippen molar-refractivity contribution in [2.75, 3.05) is 33.0 Å². The van der Waals surface area contributed by atoms with Crippen LogP contribution < -0.4 is 0 Å². The highest BCUT2D eigenvalue weighted by Gasteiger charge is 2.16. The van der Waals surface area contributed by atoms with Gasteiger partial charge < -0.3 is 18.9 Å². The number of halogens is 1. The van der Waals surface area contributed by atoms with Crippen molar-refractivity contribution in [1.82, 2.24) is 0 Å². The van der Waals surface area contributed by atoms with E-state index in [1.807, 2.05) is 13.8 Å². The van der Waals surface area contributed by atoms with Crippen molar-refractivity contribution in [3.05, 3.63) is 32.9 Å². The first kappa shape index (κ1) is 23.8. The second-order valence-electron chi connectivity index (χ2n) is 6.07. The molecule has 1 rings (SSSR count). The van der Waals surface area contributed by atoms with Crippen molar-refractivity contribution in [3.63, 3.8) is 0 Å². The van der Waals surface area contributed by atoms with Gasteiger partial charge in [-0.2, -0.15) is 0 Å². The molecule has 7 heteroatoms. The zero-order valence-electron chi connectivity index (χ0n) is 16.3. The normalized spacial score (nSPS) is 11.9. The van der Waals surface area contributed by atoms with E-state index in [1.54, 1.807) is 12.1 Å². The Balaban J connectivity index is 2.41. The summed E-state index contributed by atoms with van der Waals surface area (Å²) in [7, 11) is 0. The van der Waals surface area contributed by atoms with Crippen molar-refractivity contribution in [1.29, 1.82) is 0 Å². The summed E-state index contributed by atoms with van der Waals surface area (Å²) >= 11 is 2.06. The molecule has 0 saturated carbocycles. The maximum absolute atomic E-state index is 12.2. The largest absolute Gasteiger partial charge is 0.460 e. The molecule has 0 aromatic heterocycles. The molecular formula is C20H29IO6. The third-order valence-corrected chi connectivity index (χ3v) is 4.35. The molecule has 0 saturated heterocycles. The van der Waals surface area contributed by atoms with Crippen LogP contribution in [0.25, 0.3) is 0 Å². The van der Waals surface area contributed by atoms with Crippen LogP contribution in [0.3, 0.4) is 0 Å². The van der Waals surface area contributed by atoms with Gasteiger partial charge in [-0.3, -0.25) is 0 Å². The van der Waals surface area contributed by atoms with E-state index in [0.29, 0.717) is 30.9 Å². The maximum atomic E-state index is 12.2. The summed E-state index contributed by atoms with van der Waals surface area (Å²) in [4.78, 5) is 24.4. The average molecular weight is 492 g/mol. The predicted octanol–water partition coefficient (Wildman–Crippen LogP) is 4.24. The van der Waals surface area contributed by atoms with Gasteiger partial charge in [0.25, 0.3) is 0 Å². The van der Waals surface area contributed by atoms with E-state index in [0.717, 1.165) is 29.4 Å². The van der Waals surface area contributed by atoms with Crippen LogP contribution in [0.2, 0.25) is 0 Å². The van der Waals surface area contributed by atoms with E-state index >= 15 is 0 Å². The molecule has 0 aliphatic rings. The van der Waals surface area contributed by atoms with Gasteiger partial charge in [-0.1, -0.05) is 20.3 Å². The van der Waals surface area contributed by atoms with Crippen LogP contribution >= 0.6 is 22.6 Å². The first-order chi connectivity index (χ1) is 13.0. The Bertz CT molecular complexity index is 590. The van der Waals surface area contributed by atoms with E-state index in [2.05, 4.69) is 29.5 Å². The van der Waals surface area contributed by atoms with Crippen molar-refractivity contribution in [2.24, 2.45) is 0 Å². The highest BCUT2D eigenvalue weighted by Crippen LogP contribution is 2.16. The molecule has 0 aliphatic carbocycles. The van der Waals surface area contributed by atoms with Gasteiger partial charge in [0.1, 0.15) is 6.61 Å². The Hall–Kier alpha value is -1.19. The highest BCUT2D eigenvalue weighted by atomic mass is 127. The molecule has 0 amide bonds. The lowest BCUT2D eigenvalue weighted by atomic mass is 10.1. The molecule has 6 nitrogen and oxygen atoms in total. The number of rotatable bonds is 13. The predicted molar refractivity (Wildman–Crippen MR) is 111 cm³/mol. The van der Waals surface area contributed by atoms with Gasteiger partial charge in [0.15, 0.2) is 0 Å². The van der Waals surface area contributed by atoms with Crippen molar-refractivity contribution >= 4 is 34.5 Å². The van der Waals surface area contributed by atoms with Gasteiger partial charge in [-0.25, -0.2) is 9.59 Å². The van der Waals surface area contributed by atoms with Crippen LogP contribution in [0.5, 0.6) is 0 Å². The summed E-state index contributed by atoms with van der Waals surface area (Å²) < 4.78 is 22.0. The van der Waals surface area contributed by atoms with E-state index in [-0.39, 0.29) is 12.7 Å². The van der Waals surface area contributed by atoms with Gasteiger partial charge >= 0.3 is 11.9 Å². The van der Waals surface area contributed by atoms with Crippen LogP contribution in [0, 0.1) is 3.57 Å². The molecular weight excluding hydrogens is 463 g/mol. The molecule has 0 fully saturated rings. The molecule has 27 heavy (non-hydrogen) atoms. The summed E-state index contributed by atoms with van der Waals surface area (Å²) in [6.45, 7) is 8.07. The third kappa shape index (κ3) is 10.1. The molecule has 1 aromatic rings. The van der Waals surface area contributed by atoms with Crippen molar-refractivity contribution in [3.8, 4) is 0 Å². The second-order valence-corrected chi connectivity index (χ2v) is 7.31. The lowest BCUT2D eigenvalue weighted by molar-refractivity contribution is 0.0143. The standard InChI is InChI=1S/C20H29IO6/c1-4-6-7-24-8-9-25-10-11-26-19(22)16-12-17(14-18(21)13-16)20(23)27-15(3)5-2/h12-15H,4-11H2,1-3H3/t15-/m1/s1. The quantitative estimate of drug-likeness (QED) is 0.233. The monoisotopic (exact) mass is 492 g/mol. The van der Waals surface area contributed by atoms with Crippen LogP contribution in [0.1, 0.15) is 60.7 Å². The molecule has 0 unspecified atom stereocenters. The zero-order chi connectivity index (χ0) is 20.1. The molecule has 0 N–H and O–H groups in total. The fraction of sp³-hybridized carbons (Fsp3) is 0.600.